The topological polar surface area (TPSA) is 34.1 Å². The molecule has 0 amide bonds. The van der Waals surface area contributed by atoms with E-state index >= 15 is 0 Å². The third-order valence-electron chi connectivity index (χ3n) is 2.76. The summed E-state index contributed by atoms with van der Waals surface area (Å²) in [6.07, 6.45) is 3.45. The quantitative estimate of drug-likeness (QED) is 0.870. The Balaban J connectivity index is 2.22. The van der Waals surface area contributed by atoms with Crippen molar-refractivity contribution >= 4 is 0 Å². The fourth-order valence-electron chi connectivity index (χ4n) is 1.88. The first-order valence-corrected chi connectivity index (χ1v) is 6.21. The molecule has 1 unspecified atom stereocenters. The summed E-state index contributed by atoms with van der Waals surface area (Å²) in [5, 5.41) is 3.39. The highest BCUT2D eigenvalue weighted by atomic mass is 16.5. The Morgan fingerprint density at radius 3 is 2.78 bits per heavy atom. The second-order valence-electron chi connectivity index (χ2n) is 4.11. The van der Waals surface area contributed by atoms with Gasteiger partial charge < -0.3 is 10.1 Å². The van der Waals surface area contributed by atoms with Crippen LogP contribution < -0.4 is 10.1 Å². The first-order chi connectivity index (χ1) is 8.81. The molecule has 0 fully saturated rings. The van der Waals surface area contributed by atoms with Crippen LogP contribution in [0.4, 0.5) is 0 Å². The summed E-state index contributed by atoms with van der Waals surface area (Å²) in [5.74, 6) is 1.63. The Labute approximate surface area is 108 Å². The molecule has 94 valence electrons. The Morgan fingerprint density at radius 1 is 1.22 bits per heavy atom. The molecule has 0 aliphatic carbocycles. The van der Waals surface area contributed by atoms with Crippen LogP contribution in [-0.4, -0.2) is 11.5 Å². The van der Waals surface area contributed by atoms with Gasteiger partial charge in [0.05, 0.1) is 6.20 Å². The summed E-state index contributed by atoms with van der Waals surface area (Å²) in [6, 6.07) is 12.1. The Kier molecular flexibility index (Phi) is 4.31. The van der Waals surface area contributed by atoms with E-state index in [-0.39, 0.29) is 6.04 Å². The molecular weight excluding hydrogens is 224 g/mol. The largest absolute Gasteiger partial charge is 0.455 e. The van der Waals surface area contributed by atoms with Crippen LogP contribution in [-0.2, 0) is 0 Å². The van der Waals surface area contributed by atoms with Gasteiger partial charge in [0, 0.05) is 17.8 Å². The molecule has 0 saturated heterocycles. The number of rotatable bonds is 5. The number of benzene rings is 1. The Hall–Kier alpha value is -1.87. The molecule has 1 atom stereocenters. The molecule has 2 aromatic rings. The van der Waals surface area contributed by atoms with E-state index in [4.69, 9.17) is 4.74 Å². The second kappa shape index (κ2) is 6.17. The predicted octanol–water partition coefficient (Wildman–Crippen LogP) is 3.54. The number of para-hydroxylation sites is 1. The van der Waals surface area contributed by atoms with Gasteiger partial charge in [-0.3, -0.25) is 4.98 Å². The molecule has 0 aliphatic rings. The molecule has 18 heavy (non-hydrogen) atoms. The molecule has 1 aromatic carbocycles. The number of aromatic nitrogens is 1. The Morgan fingerprint density at radius 2 is 2.06 bits per heavy atom. The molecule has 2 rings (SSSR count). The monoisotopic (exact) mass is 242 g/mol. The van der Waals surface area contributed by atoms with Gasteiger partial charge in [0.15, 0.2) is 0 Å². The highest BCUT2D eigenvalue weighted by molar-refractivity contribution is 5.38. The molecule has 0 saturated carbocycles. The van der Waals surface area contributed by atoms with Crippen molar-refractivity contribution < 1.29 is 4.74 Å². The molecule has 1 N–H and O–H groups in total. The fourth-order valence-corrected chi connectivity index (χ4v) is 1.88. The van der Waals surface area contributed by atoms with Gasteiger partial charge >= 0.3 is 0 Å². The standard InChI is InChI=1S/C15H18N2O/c1-3-17-12(2)14-8-4-5-9-15(14)18-13-7-6-10-16-11-13/h4-12,17H,3H2,1-2H3. The summed E-state index contributed by atoms with van der Waals surface area (Å²) in [4.78, 5) is 4.05. The van der Waals surface area contributed by atoms with Crippen LogP contribution in [0.5, 0.6) is 11.5 Å². The maximum Gasteiger partial charge on any atom is 0.145 e. The number of nitrogens with zero attached hydrogens (tertiary/aromatic N) is 1. The highest BCUT2D eigenvalue weighted by Gasteiger charge is 2.10. The van der Waals surface area contributed by atoms with Crippen molar-refractivity contribution in [2.75, 3.05) is 6.54 Å². The van der Waals surface area contributed by atoms with Crippen molar-refractivity contribution in [3.63, 3.8) is 0 Å². The molecule has 1 aromatic heterocycles. The van der Waals surface area contributed by atoms with Crippen LogP contribution in [0.25, 0.3) is 0 Å². The number of hydrogen-bond donors (Lipinski definition) is 1. The van der Waals surface area contributed by atoms with Gasteiger partial charge in [0.2, 0.25) is 0 Å². The zero-order valence-corrected chi connectivity index (χ0v) is 10.8. The third kappa shape index (κ3) is 3.08. The molecule has 0 aliphatic heterocycles. The molecule has 3 heteroatoms. The average molecular weight is 242 g/mol. The molecule has 0 bridgehead atoms. The fraction of sp³-hybridized carbons (Fsp3) is 0.267. The molecule has 0 radical (unpaired) electrons. The average Bonchev–Trinajstić information content (AvgIpc) is 2.41. The van der Waals surface area contributed by atoms with Crippen LogP contribution in [0.15, 0.2) is 48.8 Å². The van der Waals surface area contributed by atoms with E-state index in [9.17, 15) is 0 Å². The summed E-state index contributed by atoms with van der Waals surface area (Å²) in [7, 11) is 0. The summed E-state index contributed by atoms with van der Waals surface area (Å²) in [5.41, 5.74) is 1.16. The van der Waals surface area contributed by atoms with E-state index < -0.39 is 0 Å². The van der Waals surface area contributed by atoms with E-state index in [2.05, 4.69) is 30.2 Å². The minimum atomic E-state index is 0.267. The van der Waals surface area contributed by atoms with E-state index in [1.807, 2.05) is 30.3 Å². The lowest BCUT2D eigenvalue weighted by Crippen LogP contribution is -2.18. The number of nitrogens with one attached hydrogen (secondary N) is 1. The maximum absolute atomic E-state index is 5.87. The van der Waals surface area contributed by atoms with Crippen molar-refractivity contribution in [3.8, 4) is 11.5 Å². The van der Waals surface area contributed by atoms with Crippen molar-refractivity contribution in [1.82, 2.24) is 10.3 Å². The van der Waals surface area contributed by atoms with E-state index in [0.717, 1.165) is 23.6 Å². The van der Waals surface area contributed by atoms with Gasteiger partial charge in [0.25, 0.3) is 0 Å². The molecule has 1 heterocycles. The van der Waals surface area contributed by atoms with E-state index in [1.165, 1.54) is 0 Å². The summed E-state index contributed by atoms with van der Waals surface area (Å²) in [6.45, 7) is 5.17. The minimum Gasteiger partial charge on any atom is -0.455 e. The molecule has 3 nitrogen and oxygen atoms in total. The predicted molar refractivity (Wildman–Crippen MR) is 72.8 cm³/mol. The van der Waals surface area contributed by atoms with Crippen molar-refractivity contribution in [1.29, 1.82) is 0 Å². The smallest absolute Gasteiger partial charge is 0.145 e. The zero-order chi connectivity index (χ0) is 12.8. The Bertz CT molecular complexity index is 485. The lowest BCUT2D eigenvalue weighted by atomic mass is 10.1. The van der Waals surface area contributed by atoms with E-state index in [0.29, 0.717) is 0 Å². The molecule has 0 spiro atoms. The van der Waals surface area contributed by atoms with Crippen molar-refractivity contribution in [2.24, 2.45) is 0 Å². The normalized spacial score (nSPS) is 12.1. The first-order valence-electron chi connectivity index (χ1n) is 6.21. The van der Waals surface area contributed by atoms with Crippen LogP contribution in [0, 0.1) is 0 Å². The summed E-state index contributed by atoms with van der Waals surface area (Å²) >= 11 is 0. The lowest BCUT2D eigenvalue weighted by molar-refractivity contribution is 0.461. The maximum atomic E-state index is 5.87. The van der Waals surface area contributed by atoms with Gasteiger partial charge in [-0.25, -0.2) is 0 Å². The van der Waals surface area contributed by atoms with Gasteiger partial charge in [-0.2, -0.15) is 0 Å². The first kappa shape index (κ1) is 12.6. The van der Waals surface area contributed by atoms with Crippen LogP contribution in [0.1, 0.15) is 25.5 Å². The number of pyridine rings is 1. The van der Waals surface area contributed by atoms with Gasteiger partial charge in [-0.05, 0) is 31.7 Å². The van der Waals surface area contributed by atoms with Crippen molar-refractivity contribution in [3.05, 3.63) is 54.4 Å². The minimum absolute atomic E-state index is 0.267. The van der Waals surface area contributed by atoms with E-state index in [1.54, 1.807) is 12.4 Å². The lowest BCUT2D eigenvalue weighted by Gasteiger charge is -2.17. The third-order valence-corrected chi connectivity index (χ3v) is 2.76. The van der Waals surface area contributed by atoms with Gasteiger partial charge in [-0.15, -0.1) is 0 Å². The van der Waals surface area contributed by atoms with Crippen LogP contribution in [0.2, 0.25) is 0 Å². The number of ether oxygens (including phenoxy) is 1. The number of hydrogen-bond acceptors (Lipinski definition) is 3. The SMILES string of the molecule is CCNC(C)c1ccccc1Oc1cccnc1. The summed E-state index contributed by atoms with van der Waals surface area (Å²) < 4.78 is 5.87. The molecular formula is C15H18N2O. The second-order valence-corrected chi connectivity index (χ2v) is 4.11. The van der Waals surface area contributed by atoms with Crippen molar-refractivity contribution in [2.45, 2.75) is 19.9 Å². The van der Waals surface area contributed by atoms with Gasteiger partial charge in [-0.1, -0.05) is 25.1 Å². The zero-order valence-electron chi connectivity index (χ0n) is 10.8. The van der Waals surface area contributed by atoms with Crippen LogP contribution >= 0.6 is 0 Å². The van der Waals surface area contributed by atoms with Crippen LogP contribution in [0.3, 0.4) is 0 Å². The van der Waals surface area contributed by atoms with Gasteiger partial charge in [0.1, 0.15) is 11.5 Å². The highest BCUT2D eigenvalue weighted by Crippen LogP contribution is 2.28.